The highest BCUT2D eigenvalue weighted by molar-refractivity contribution is 7.92. The molecule has 0 spiro atoms. The van der Waals surface area contributed by atoms with Gasteiger partial charge in [-0.05, 0) is 55.9 Å². The molecule has 1 aliphatic rings. The van der Waals surface area contributed by atoms with E-state index in [1.54, 1.807) is 19.1 Å². The summed E-state index contributed by atoms with van der Waals surface area (Å²) in [5, 5.41) is 3.12. The van der Waals surface area contributed by atoms with Gasteiger partial charge in [-0.2, -0.15) is 0 Å². The van der Waals surface area contributed by atoms with Crippen LogP contribution in [-0.4, -0.2) is 50.0 Å². The van der Waals surface area contributed by atoms with Crippen molar-refractivity contribution in [2.75, 3.05) is 17.1 Å². The zero-order valence-electron chi connectivity index (χ0n) is 22.7. The van der Waals surface area contributed by atoms with Gasteiger partial charge in [0.1, 0.15) is 12.6 Å². The van der Waals surface area contributed by atoms with Crippen molar-refractivity contribution in [2.24, 2.45) is 0 Å². The molecule has 0 aliphatic heterocycles. The standard InChI is InChI=1S/C29H41N3O4S/c1-21(2)25-15-17-27(18-16-25)32(37(5,35)36)20-28(33)31(19-24-13-11-22(3)12-14-24)23(4)29(34)30-26-9-7-6-8-10-26/h11-18,21,23,26H,6-10,19-20H2,1-5H3,(H,30,34). The highest BCUT2D eigenvalue weighted by atomic mass is 32.2. The lowest BCUT2D eigenvalue weighted by molar-refractivity contribution is -0.139. The summed E-state index contributed by atoms with van der Waals surface area (Å²) in [6, 6.07) is 14.4. The van der Waals surface area contributed by atoms with Crippen molar-refractivity contribution in [1.82, 2.24) is 10.2 Å². The van der Waals surface area contributed by atoms with Crippen LogP contribution < -0.4 is 9.62 Å². The summed E-state index contributed by atoms with van der Waals surface area (Å²) in [5.41, 5.74) is 3.48. The molecule has 0 saturated heterocycles. The van der Waals surface area contributed by atoms with Crippen LogP contribution in [-0.2, 0) is 26.2 Å². The van der Waals surface area contributed by atoms with Gasteiger partial charge in [0.05, 0.1) is 11.9 Å². The summed E-state index contributed by atoms with van der Waals surface area (Å²) < 4.78 is 26.6. The van der Waals surface area contributed by atoms with E-state index < -0.39 is 22.0 Å². The zero-order chi connectivity index (χ0) is 27.2. The van der Waals surface area contributed by atoms with E-state index in [9.17, 15) is 18.0 Å². The summed E-state index contributed by atoms with van der Waals surface area (Å²) in [6.07, 6.45) is 6.34. The van der Waals surface area contributed by atoms with E-state index >= 15 is 0 Å². The number of hydrogen-bond donors (Lipinski definition) is 1. The number of carbonyl (C=O) groups is 2. The number of nitrogens with zero attached hydrogens (tertiary/aromatic N) is 2. The molecule has 1 fully saturated rings. The van der Waals surface area contributed by atoms with Crippen LogP contribution in [0.1, 0.15) is 75.5 Å². The predicted molar refractivity (Wildman–Crippen MR) is 149 cm³/mol. The lowest BCUT2D eigenvalue weighted by Crippen LogP contribution is -2.52. The Morgan fingerprint density at radius 2 is 1.54 bits per heavy atom. The van der Waals surface area contributed by atoms with Crippen molar-refractivity contribution in [3.05, 3.63) is 65.2 Å². The van der Waals surface area contributed by atoms with Crippen LogP contribution >= 0.6 is 0 Å². The number of benzene rings is 2. The average molecular weight is 528 g/mol. The summed E-state index contributed by atoms with van der Waals surface area (Å²) in [7, 11) is -3.74. The van der Waals surface area contributed by atoms with Crippen LogP contribution in [0.4, 0.5) is 5.69 Å². The van der Waals surface area contributed by atoms with Gasteiger partial charge in [-0.1, -0.05) is 75.1 Å². The van der Waals surface area contributed by atoms with Crippen LogP contribution in [0.3, 0.4) is 0 Å². The SMILES string of the molecule is Cc1ccc(CN(C(=O)CN(c2ccc(C(C)C)cc2)S(C)(=O)=O)C(C)C(=O)NC2CCCCC2)cc1. The Bertz CT molecular complexity index is 1150. The van der Waals surface area contributed by atoms with Crippen molar-refractivity contribution in [3.63, 3.8) is 0 Å². The maximum absolute atomic E-state index is 13.7. The topological polar surface area (TPSA) is 86.8 Å². The molecule has 1 atom stereocenters. The Morgan fingerprint density at radius 3 is 2.08 bits per heavy atom. The zero-order valence-corrected chi connectivity index (χ0v) is 23.6. The predicted octanol–water partition coefficient (Wildman–Crippen LogP) is 4.75. The summed E-state index contributed by atoms with van der Waals surface area (Å²) in [4.78, 5) is 28.4. The van der Waals surface area contributed by atoms with E-state index in [0.717, 1.165) is 52.9 Å². The first-order valence-corrected chi connectivity index (χ1v) is 15.0. The largest absolute Gasteiger partial charge is 0.352 e. The number of hydrogen-bond acceptors (Lipinski definition) is 4. The van der Waals surface area contributed by atoms with E-state index in [2.05, 4.69) is 19.2 Å². The minimum atomic E-state index is -3.74. The molecular weight excluding hydrogens is 486 g/mol. The number of nitrogens with one attached hydrogen (secondary N) is 1. The Hall–Kier alpha value is -2.87. The normalized spacial score (nSPS) is 15.3. The minimum Gasteiger partial charge on any atom is -0.352 e. The van der Waals surface area contributed by atoms with Gasteiger partial charge in [0.25, 0.3) is 0 Å². The van der Waals surface area contributed by atoms with Gasteiger partial charge < -0.3 is 10.2 Å². The molecule has 0 heterocycles. The maximum Gasteiger partial charge on any atom is 0.244 e. The first-order valence-electron chi connectivity index (χ1n) is 13.2. The van der Waals surface area contributed by atoms with Gasteiger partial charge in [-0.3, -0.25) is 13.9 Å². The number of aryl methyl sites for hydroxylation is 1. The molecule has 37 heavy (non-hydrogen) atoms. The molecule has 0 radical (unpaired) electrons. The molecule has 1 unspecified atom stereocenters. The molecule has 2 aromatic rings. The van der Waals surface area contributed by atoms with Gasteiger partial charge in [0.2, 0.25) is 21.8 Å². The fraction of sp³-hybridized carbons (Fsp3) is 0.517. The lowest BCUT2D eigenvalue weighted by atomic mass is 9.95. The summed E-state index contributed by atoms with van der Waals surface area (Å²) >= 11 is 0. The van der Waals surface area contributed by atoms with Crippen molar-refractivity contribution in [2.45, 2.75) is 84.3 Å². The molecule has 1 aliphatic carbocycles. The smallest absolute Gasteiger partial charge is 0.244 e. The van der Waals surface area contributed by atoms with Crippen molar-refractivity contribution < 1.29 is 18.0 Å². The van der Waals surface area contributed by atoms with Crippen molar-refractivity contribution in [3.8, 4) is 0 Å². The third kappa shape index (κ3) is 8.06. The lowest BCUT2D eigenvalue weighted by Gasteiger charge is -2.33. The minimum absolute atomic E-state index is 0.118. The molecule has 2 amide bonds. The highest BCUT2D eigenvalue weighted by Crippen LogP contribution is 2.23. The molecule has 1 saturated carbocycles. The van der Waals surface area contributed by atoms with E-state index in [0.29, 0.717) is 11.6 Å². The van der Waals surface area contributed by atoms with Gasteiger partial charge in [-0.25, -0.2) is 8.42 Å². The van der Waals surface area contributed by atoms with Gasteiger partial charge >= 0.3 is 0 Å². The number of amides is 2. The van der Waals surface area contributed by atoms with Crippen LogP contribution in [0, 0.1) is 6.92 Å². The second-order valence-corrected chi connectivity index (χ2v) is 12.4. The monoisotopic (exact) mass is 527 g/mol. The van der Waals surface area contributed by atoms with Crippen LogP contribution in [0.5, 0.6) is 0 Å². The Morgan fingerprint density at radius 1 is 0.946 bits per heavy atom. The fourth-order valence-corrected chi connectivity index (χ4v) is 5.53. The van der Waals surface area contributed by atoms with E-state index in [1.807, 2.05) is 43.3 Å². The number of sulfonamides is 1. The maximum atomic E-state index is 13.7. The van der Waals surface area contributed by atoms with Gasteiger partial charge in [0.15, 0.2) is 0 Å². The summed E-state index contributed by atoms with van der Waals surface area (Å²) in [5.74, 6) is -0.333. The molecule has 7 nitrogen and oxygen atoms in total. The molecule has 2 aromatic carbocycles. The first-order chi connectivity index (χ1) is 17.5. The molecule has 0 aromatic heterocycles. The van der Waals surface area contributed by atoms with Crippen LogP contribution in [0.2, 0.25) is 0 Å². The molecule has 202 valence electrons. The number of rotatable bonds is 10. The second-order valence-electron chi connectivity index (χ2n) is 10.5. The number of anilines is 1. The average Bonchev–Trinajstić information content (AvgIpc) is 2.86. The van der Waals surface area contributed by atoms with E-state index in [-0.39, 0.29) is 25.0 Å². The van der Waals surface area contributed by atoms with Crippen LogP contribution in [0.25, 0.3) is 0 Å². The second kappa shape index (κ2) is 12.6. The van der Waals surface area contributed by atoms with Crippen molar-refractivity contribution in [1.29, 1.82) is 0 Å². The highest BCUT2D eigenvalue weighted by Gasteiger charge is 2.31. The van der Waals surface area contributed by atoms with E-state index in [4.69, 9.17) is 0 Å². The van der Waals surface area contributed by atoms with Gasteiger partial charge in [-0.15, -0.1) is 0 Å². The third-order valence-corrected chi connectivity index (χ3v) is 8.26. The van der Waals surface area contributed by atoms with Gasteiger partial charge in [0, 0.05) is 12.6 Å². The summed E-state index contributed by atoms with van der Waals surface area (Å²) in [6.45, 7) is 7.66. The first kappa shape index (κ1) is 28.7. The third-order valence-electron chi connectivity index (χ3n) is 7.12. The van der Waals surface area contributed by atoms with Crippen LogP contribution in [0.15, 0.2) is 48.5 Å². The van der Waals surface area contributed by atoms with Crippen molar-refractivity contribution >= 4 is 27.5 Å². The molecular formula is C29H41N3O4S. The Kier molecular flexibility index (Phi) is 9.76. The Labute approximate surface area is 222 Å². The number of carbonyl (C=O) groups excluding carboxylic acids is 2. The fourth-order valence-electron chi connectivity index (χ4n) is 4.68. The molecule has 8 heteroatoms. The molecule has 1 N–H and O–H groups in total. The molecule has 0 bridgehead atoms. The van der Waals surface area contributed by atoms with E-state index in [1.165, 1.54) is 11.3 Å². The Balaban J connectivity index is 1.86. The quantitative estimate of drug-likeness (QED) is 0.483. The molecule has 3 rings (SSSR count).